The SMILES string of the molecule is COc1ccc2c(c1)c(=O)c(Cc1cccc(Cl)c1Cl)cn2CC(=O)O.[K]. The zero-order valence-corrected chi connectivity index (χ0v) is 19.5. The van der Waals surface area contributed by atoms with E-state index in [2.05, 4.69) is 0 Å². The number of benzene rings is 2. The van der Waals surface area contributed by atoms with E-state index >= 15 is 0 Å². The summed E-state index contributed by atoms with van der Waals surface area (Å²) < 4.78 is 6.72. The Balaban J connectivity index is 0.00000261. The third-order valence-electron chi connectivity index (χ3n) is 4.08. The molecule has 0 aliphatic heterocycles. The summed E-state index contributed by atoms with van der Waals surface area (Å²) in [6, 6.07) is 10.2. The smallest absolute Gasteiger partial charge is 0.323 e. The van der Waals surface area contributed by atoms with Crippen LogP contribution in [0.3, 0.4) is 0 Å². The molecule has 0 saturated heterocycles. The minimum absolute atomic E-state index is 0. The Morgan fingerprint density at radius 3 is 2.59 bits per heavy atom. The number of ether oxygens (including phenoxy) is 1. The van der Waals surface area contributed by atoms with Gasteiger partial charge in [0.15, 0.2) is 5.43 Å². The van der Waals surface area contributed by atoms with Crippen LogP contribution in [0.25, 0.3) is 10.9 Å². The third-order valence-corrected chi connectivity index (χ3v) is 4.94. The number of carboxylic acid groups (broad SMARTS) is 1. The summed E-state index contributed by atoms with van der Waals surface area (Å²) >= 11 is 12.3. The Hall–Kier alpha value is -0.864. The van der Waals surface area contributed by atoms with E-state index < -0.39 is 5.97 Å². The van der Waals surface area contributed by atoms with Crippen molar-refractivity contribution in [1.82, 2.24) is 4.57 Å². The van der Waals surface area contributed by atoms with E-state index in [0.29, 0.717) is 37.8 Å². The van der Waals surface area contributed by atoms with Gasteiger partial charge in [-0.1, -0.05) is 35.3 Å². The number of hydrogen-bond donors (Lipinski definition) is 1. The van der Waals surface area contributed by atoms with E-state index in [0.717, 1.165) is 0 Å². The number of halogens is 2. The molecule has 0 bridgehead atoms. The van der Waals surface area contributed by atoms with Crippen molar-refractivity contribution in [3.8, 4) is 5.75 Å². The van der Waals surface area contributed by atoms with Gasteiger partial charge >= 0.3 is 5.97 Å². The number of pyridine rings is 1. The van der Waals surface area contributed by atoms with Gasteiger partial charge in [0.05, 0.1) is 22.7 Å². The summed E-state index contributed by atoms with van der Waals surface area (Å²) in [4.78, 5) is 24.2. The molecule has 5 nitrogen and oxygen atoms in total. The van der Waals surface area contributed by atoms with Crippen LogP contribution in [0.15, 0.2) is 47.4 Å². The molecule has 0 aliphatic carbocycles. The van der Waals surface area contributed by atoms with Crippen LogP contribution in [-0.4, -0.2) is 74.1 Å². The topological polar surface area (TPSA) is 68.5 Å². The molecule has 1 radical (unpaired) electrons. The second kappa shape index (κ2) is 9.56. The molecule has 0 unspecified atom stereocenters. The maximum atomic E-state index is 12.9. The van der Waals surface area contributed by atoms with Crippen LogP contribution in [0, 0.1) is 0 Å². The fourth-order valence-corrected chi connectivity index (χ4v) is 3.24. The van der Waals surface area contributed by atoms with Gasteiger partial charge in [-0.05, 0) is 29.8 Å². The van der Waals surface area contributed by atoms with Gasteiger partial charge in [-0.15, -0.1) is 0 Å². The van der Waals surface area contributed by atoms with Crippen molar-refractivity contribution >= 4 is 91.5 Å². The second-order valence-corrected chi connectivity index (χ2v) is 6.56. The molecule has 0 amide bonds. The predicted molar refractivity (Wildman–Crippen MR) is 107 cm³/mol. The largest absolute Gasteiger partial charge is 0.497 e. The Kier molecular flexibility index (Phi) is 7.94. The molecule has 135 valence electrons. The van der Waals surface area contributed by atoms with Crippen LogP contribution in [0.1, 0.15) is 11.1 Å². The standard InChI is InChI=1S/C19H15Cl2NO4.K/c1-26-13-5-6-16-14(8-13)19(25)12(9-22(16)10-17(23)24)7-11-3-2-4-15(20)18(11)21;/h2-6,8-9H,7,10H2,1H3,(H,23,24);. The number of carboxylic acids is 1. The van der Waals surface area contributed by atoms with Crippen LogP contribution >= 0.6 is 23.2 Å². The first-order chi connectivity index (χ1) is 12.4. The van der Waals surface area contributed by atoms with Crippen LogP contribution in [0.2, 0.25) is 10.0 Å². The molecular weight excluding hydrogens is 416 g/mol. The van der Waals surface area contributed by atoms with Gasteiger partial charge in [0, 0.05) is 75.0 Å². The van der Waals surface area contributed by atoms with Crippen LogP contribution in [0.5, 0.6) is 5.75 Å². The maximum absolute atomic E-state index is 12.9. The molecule has 27 heavy (non-hydrogen) atoms. The van der Waals surface area contributed by atoms with Crippen molar-refractivity contribution in [2.75, 3.05) is 7.11 Å². The number of aliphatic carboxylic acids is 1. The maximum Gasteiger partial charge on any atom is 0.323 e. The number of rotatable bonds is 5. The van der Waals surface area contributed by atoms with Crippen LogP contribution in [0.4, 0.5) is 0 Å². The minimum atomic E-state index is -1.00. The van der Waals surface area contributed by atoms with Crippen molar-refractivity contribution in [2.45, 2.75) is 13.0 Å². The quantitative estimate of drug-likeness (QED) is 0.627. The molecule has 3 rings (SSSR count). The number of hydrogen-bond acceptors (Lipinski definition) is 3. The first-order valence-electron chi connectivity index (χ1n) is 7.75. The number of carbonyl (C=O) groups is 1. The van der Waals surface area contributed by atoms with Gasteiger partial charge in [-0.25, -0.2) is 0 Å². The zero-order valence-electron chi connectivity index (χ0n) is 14.8. The van der Waals surface area contributed by atoms with Crippen LogP contribution < -0.4 is 10.2 Å². The first-order valence-corrected chi connectivity index (χ1v) is 8.51. The third kappa shape index (κ3) is 4.95. The molecule has 0 fully saturated rings. The molecule has 0 spiro atoms. The van der Waals surface area contributed by atoms with Crippen molar-refractivity contribution in [3.63, 3.8) is 0 Å². The second-order valence-electron chi connectivity index (χ2n) is 5.78. The molecule has 0 atom stereocenters. The molecular formula is C19H15Cl2KNO4. The van der Waals surface area contributed by atoms with E-state index in [4.69, 9.17) is 27.9 Å². The Bertz CT molecular complexity index is 1070. The van der Waals surface area contributed by atoms with Gasteiger partial charge in [-0.2, -0.15) is 0 Å². The minimum Gasteiger partial charge on any atom is -0.497 e. The fourth-order valence-electron chi connectivity index (χ4n) is 2.86. The molecule has 0 aliphatic rings. The summed E-state index contributed by atoms with van der Waals surface area (Å²) in [5.74, 6) is -0.480. The van der Waals surface area contributed by atoms with Crippen molar-refractivity contribution in [1.29, 1.82) is 0 Å². The van der Waals surface area contributed by atoms with Crippen molar-refractivity contribution in [3.05, 3.63) is 74.0 Å². The zero-order chi connectivity index (χ0) is 18.8. The van der Waals surface area contributed by atoms with Gasteiger partial charge in [0.1, 0.15) is 12.3 Å². The molecule has 1 N–H and O–H groups in total. The normalized spacial score (nSPS) is 10.5. The van der Waals surface area contributed by atoms with E-state index in [9.17, 15) is 14.7 Å². The number of methoxy groups -OCH3 is 1. The van der Waals surface area contributed by atoms with Crippen molar-refractivity contribution < 1.29 is 14.6 Å². The first kappa shape index (κ1) is 22.4. The number of fused-ring (bicyclic) bond motifs is 1. The van der Waals surface area contributed by atoms with E-state index in [1.54, 1.807) is 42.6 Å². The van der Waals surface area contributed by atoms with Gasteiger partial charge < -0.3 is 14.4 Å². The Morgan fingerprint density at radius 2 is 1.93 bits per heavy atom. The molecule has 1 heterocycles. The van der Waals surface area contributed by atoms with E-state index in [-0.39, 0.29) is 69.8 Å². The van der Waals surface area contributed by atoms with Crippen LogP contribution in [-0.2, 0) is 17.8 Å². The Morgan fingerprint density at radius 1 is 1.19 bits per heavy atom. The van der Waals surface area contributed by atoms with E-state index in [1.165, 1.54) is 11.7 Å². The number of nitrogens with zero attached hydrogens (tertiary/aromatic N) is 1. The average molecular weight is 431 g/mol. The summed E-state index contributed by atoms with van der Waals surface area (Å²) in [6.45, 7) is -0.264. The number of aromatic nitrogens is 1. The summed E-state index contributed by atoms with van der Waals surface area (Å²) in [7, 11) is 1.51. The molecule has 3 aromatic rings. The molecule has 8 heteroatoms. The summed E-state index contributed by atoms with van der Waals surface area (Å²) in [5.41, 5.74) is 1.45. The Labute approximate surface area is 208 Å². The average Bonchev–Trinajstić information content (AvgIpc) is 2.62. The van der Waals surface area contributed by atoms with Gasteiger partial charge in [-0.3, -0.25) is 9.59 Å². The summed E-state index contributed by atoms with van der Waals surface area (Å²) in [6.07, 6.45) is 1.80. The predicted octanol–water partition coefficient (Wildman–Crippen LogP) is 3.61. The van der Waals surface area contributed by atoms with Crippen molar-refractivity contribution in [2.24, 2.45) is 0 Å². The fraction of sp³-hybridized carbons (Fsp3) is 0.158. The molecule has 2 aromatic carbocycles. The molecule has 0 saturated carbocycles. The van der Waals surface area contributed by atoms with Gasteiger partial charge in [0.25, 0.3) is 0 Å². The van der Waals surface area contributed by atoms with Gasteiger partial charge in [0.2, 0.25) is 0 Å². The summed E-state index contributed by atoms with van der Waals surface area (Å²) in [5, 5.41) is 10.4. The monoisotopic (exact) mass is 430 g/mol. The van der Waals surface area contributed by atoms with E-state index in [1.807, 2.05) is 0 Å². The molecule has 1 aromatic heterocycles.